The molecule has 102 valence electrons. The van der Waals surface area contributed by atoms with Crippen molar-refractivity contribution in [2.24, 2.45) is 5.92 Å². The Hall–Kier alpha value is -1.84. The highest BCUT2D eigenvalue weighted by atomic mass is 16.4. The lowest BCUT2D eigenvalue weighted by Gasteiger charge is -2.32. The van der Waals surface area contributed by atoms with E-state index in [0.29, 0.717) is 12.1 Å². The molecule has 1 aromatic carbocycles. The fraction of sp³-hybridized carbons (Fsp3) is 0.467. The lowest BCUT2D eigenvalue weighted by atomic mass is 9.94. The third-order valence-corrected chi connectivity index (χ3v) is 3.57. The van der Waals surface area contributed by atoms with Crippen molar-refractivity contribution in [3.8, 4) is 0 Å². The molecule has 1 aliphatic rings. The van der Waals surface area contributed by atoms with Crippen LogP contribution in [0.2, 0.25) is 0 Å². The van der Waals surface area contributed by atoms with E-state index in [9.17, 15) is 9.59 Å². The summed E-state index contributed by atoms with van der Waals surface area (Å²) in [7, 11) is 0. The van der Waals surface area contributed by atoms with E-state index in [1.807, 2.05) is 31.2 Å². The SMILES string of the molecule is Cc1ccc(C(=O)N2CCCC(CC(=O)O)C2)cc1. The lowest BCUT2D eigenvalue weighted by Crippen LogP contribution is -2.40. The second kappa shape index (κ2) is 5.87. The van der Waals surface area contributed by atoms with Gasteiger partial charge in [0.25, 0.3) is 5.91 Å². The van der Waals surface area contributed by atoms with E-state index < -0.39 is 5.97 Å². The predicted molar refractivity (Wildman–Crippen MR) is 72.1 cm³/mol. The molecule has 0 radical (unpaired) electrons. The van der Waals surface area contributed by atoms with Crippen molar-refractivity contribution >= 4 is 11.9 Å². The van der Waals surface area contributed by atoms with E-state index in [2.05, 4.69) is 0 Å². The summed E-state index contributed by atoms with van der Waals surface area (Å²) in [5, 5.41) is 8.83. The standard InChI is InChI=1S/C15H19NO3/c1-11-4-6-13(7-5-11)15(19)16-8-2-3-12(10-16)9-14(17)18/h4-7,12H,2-3,8-10H2,1H3,(H,17,18). The van der Waals surface area contributed by atoms with Crippen molar-refractivity contribution in [1.82, 2.24) is 4.90 Å². The Labute approximate surface area is 113 Å². The maximum atomic E-state index is 12.3. The molecule has 1 saturated heterocycles. The topological polar surface area (TPSA) is 57.6 Å². The number of hydrogen-bond acceptors (Lipinski definition) is 2. The molecule has 0 saturated carbocycles. The fourth-order valence-electron chi connectivity index (χ4n) is 2.54. The highest BCUT2D eigenvalue weighted by Crippen LogP contribution is 2.21. The highest BCUT2D eigenvalue weighted by molar-refractivity contribution is 5.94. The molecule has 0 aliphatic carbocycles. The van der Waals surface area contributed by atoms with Crippen LogP contribution in [-0.2, 0) is 4.79 Å². The Morgan fingerprint density at radius 3 is 2.63 bits per heavy atom. The van der Waals surface area contributed by atoms with Gasteiger partial charge in [-0.15, -0.1) is 0 Å². The Kier molecular flexibility index (Phi) is 4.20. The summed E-state index contributed by atoms with van der Waals surface area (Å²) in [5.74, 6) is -0.689. The van der Waals surface area contributed by atoms with Gasteiger partial charge in [0.2, 0.25) is 0 Å². The summed E-state index contributed by atoms with van der Waals surface area (Å²) in [6, 6.07) is 7.51. The number of nitrogens with zero attached hydrogens (tertiary/aromatic N) is 1. The van der Waals surface area contributed by atoms with Gasteiger partial charge in [0.15, 0.2) is 0 Å². The molecule has 0 bridgehead atoms. The van der Waals surface area contributed by atoms with E-state index in [4.69, 9.17) is 5.11 Å². The first kappa shape index (κ1) is 13.6. The van der Waals surface area contributed by atoms with Gasteiger partial charge in [-0.3, -0.25) is 9.59 Å². The molecule has 1 amide bonds. The number of carbonyl (C=O) groups excluding carboxylic acids is 1. The Morgan fingerprint density at radius 2 is 2.00 bits per heavy atom. The zero-order valence-electron chi connectivity index (χ0n) is 11.1. The van der Waals surface area contributed by atoms with Crippen molar-refractivity contribution in [2.75, 3.05) is 13.1 Å². The van der Waals surface area contributed by atoms with Crippen molar-refractivity contribution < 1.29 is 14.7 Å². The van der Waals surface area contributed by atoms with Gasteiger partial charge in [0, 0.05) is 25.1 Å². The normalized spacial score (nSPS) is 19.2. The molecule has 1 unspecified atom stereocenters. The minimum absolute atomic E-state index is 0.00934. The molecule has 0 spiro atoms. The number of rotatable bonds is 3. The second-order valence-electron chi connectivity index (χ2n) is 5.22. The van der Waals surface area contributed by atoms with Crippen molar-refractivity contribution in [2.45, 2.75) is 26.2 Å². The van der Waals surface area contributed by atoms with E-state index in [1.54, 1.807) is 4.90 Å². The van der Waals surface area contributed by atoms with E-state index in [0.717, 1.165) is 24.9 Å². The summed E-state index contributed by atoms with van der Waals surface area (Å²) in [6.07, 6.45) is 1.93. The monoisotopic (exact) mass is 261 g/mol. The van der Waals surface area contributed by atoms with Crippen LogP contribution in [0.1, 0.15) is 35.2 Å². The summed E-state index contributed by atoms with van der Waals surface area (Å²) in [4.78, 5) is 24.8. The lowest BCUT2D eigenvalue weighted by molar-refractivity contribution is -0.138. The van der Waals surface area contributed by atoms with Crippen LogP contribution in [0.3, 0.4) is 0 Å². The summed E-state index contributed by atoms with van der Waals surface area (Å²) in [6.45, 7) is 3.26. The molecule has 4 nitrogen and oxygen atoms in total. The first-order valence-electron chi connectivity index (χ1n) is 6.64. The molecule has 1 aromatic rings. The highest BCUT2D eigenvalue weighted by Gasteiger charge is 2.25. The Bertz CT molecular complexity index is 467. The van der Waals surface area contributed by atoms with Crippen LogP contribution in [0.15, 0.2) is 24.3 Å². The van der Waals surface area contributed by atoms with E-state index in [-0.39, 0.29) is 18.2 Å². The van der Waals surface area contributed by atoms with Crippen molar-refractivity contribution in [3.05, 3.63) is 35.4 Å². The maximum Gasteiger partial charge on any atom is 0.303 e. The quantitative estimate of drug-likeness (QED) is 0.908. The third kappa shape index (κ3) is 3.56. The molecular formula is C15H19NO3. The Morgan fingerprint density at radius 1 is 1.32 bits per heavy atom. The van der Waals surface area contributed by atoms with E-state index in [1.165, 1.54) is 0 Å². The van der Waals surface area contributed by atoms with E-state index >= 15 is 0 Å². The van der Waals surface area contributed by atoms with Crippen LogP contribution >= 0.6 is 0 Å². The minimum atomic E-state index is -0.783. The molecule has 4 heteroatoms. The third-order valence-electron chi connectivity index (χ3n) is 3.57. The first-order chi connectivity index (χ1) is 9.06. The zero-order chi connectivity index (χ0) is 13.8. The molecular weight excluding hydrogens is 242 g/mol. The number of piperidine rings is 1. The number of hydrogen-bond donors (Lipinski definition) is 1. The van der Waals surface area contributed by atoms with Gasteiger partial charge in [0.1, 0.15) is 0 Å². The molecule has 0 aromatic heterocycles. The van der Waals surface area contributed by atoms with Gasteiger partial charge >= 0.3 is 5.97 Å². The number of aryl methyl sites for hydroxylation is 1. The minimum Gasteiger partial charge on any atom is -0.481 e. The molecule has 19 heavy (non-hydrogen) atoms. The maximum absolute atomic E-state index is 12.3. The fourth-order valence-corrected chi connectivity index (χ4v) is 2.54. The number of carboxylic acid groups (broad SMARTS) is 1. The van der Waals surface area contributed by atoms with Crippen LogP contribution in [-0.4, -0.2) is 35.0 Å². The van der Waals surface area contributed by atoms with Crippen LogP contribution < -0.4 is 0 Å². The number of amides is 1. The van der Waals surface area contributed by atoms with Gasteiger partial charge in [0.05, 0.1) is 0 Å². The predicted octanol–water partition coefficient (Wildman–Crippen LogP) is 2.32. The number of likely N-dealkylation sites (tertiary alicyclic amines) is 1. The van der Waals surface area contributed by atoms with Crippen LogP contribution in [0.5, 0.6) is 0 Å². The summed E-state index contributed by atoms with van der Waals surface area (Å²) >= 11 is 0. The molecule has 1 aliphatic heterocycles. The number of aliphatic carboxylic acids is 1. The molecule has 1 heterocycles. The number of benzene rings is 1. The van der Waals surface area contributed by atoms with Gasteiger partial charge in [-0.1, -0.05) is 17.7 Å². The average molecular weight is 261 g/mol. The van der Waals surface area contributed by atoms with Crippen LogP contribution in [0.4, 0.5) is 0 Å². The molecule has 2 rings (SSSR count). The largest absolute Gasteiger partial charge is 0.481 e. The summed E-state index contributed by atoms with van der Waals surface area (Å²) in [5.41, 5.74) is 1.81. The van der Waals surface area contributed by atoms with Gasteiger partial charge in [-0.2, -0.15) is 0 Å². The van der Waals surface area contributed by atoms with Crippen LogP contribution in [0.25, 0.3) is 0 Å². The molecule has 1 fully saturated rings. The van der Waals surface area contributed by atoms with Crippen molar-refractivity contribution in [3.63, 3.8) is 0 Å². The smallest absolute Gasteiger partial charge is 0.303 e. The molecule has 1 atom stereocenters. The van der Waals surface area contributed by atoms with Crippen molar-refractivity contribution in [1.29, 1.82) is 0 Å². The first-order valence-corrected chi connectivity index (χ1v) is 6.64. The van der Waals surface area contributed by atoms with Gasteiger partial charge < -0.3 is 10.0 Å². The summed E-state index contributed by atoms with van der Waals surface area (Å²) < 4.78 is 0. The Balaban J connectivity index is 2.02. The van der Waals surface area contributed by atoms with Gasteiger partial charge in [-0.25, -0.2) is 0 Å². The number of carbonyl (C=O) groups is 2. The van der Waals surface area contributed by atoms with Gasteiger partial charge in [-0.05, 0) is 37.8 Å². The zero-order valence-corrected chi connectivity index (χ0v) is 11.1. The van der Waals surface area contributed by atoms with Crippen LogP contribution in [0, 0.1) is 12.8 Å². The molecule has 1 N–H and O–H groups in total. The second-order valence-corrected chi connectivity index (χ2v) is 5.22. The average Bonchev–Trinajstić information content (AvgIpc) is 2.38. The number of carboxylic acids is 1.